The molecule has 1 N–H and O–H groups in total. The number of benzene rings is 1. The summed E-state index contributed by atoms with van der Waals surface area (Å²) in [5.74, 6) is -0.486. The molecule has 0 spiro atoms. The molecule has 1 atom stereocenters. The van der Waals surface area contributed by atoms with Gasteiger partial charge in [-0.05, 0) is 30.7 Å². The molecule has 1 aliphatic heterocycles. The SMILES string of the molecule is COc1ccc2c(c1)C(C)(CS(=O)(=O)O)C(=O)N2C.[H-].[Na+]. The van der Waals surface area contributed by atoms with Crippen LogP contribution < -0.4 is 39.2 Å². The van der Waals surface area contributed by atoms with Crippen molar-refractivity contribution in [3.63, 3.8) is 0 Å². The maximum absolute atomic E-state index is 12.3. The first-order chi connectivity index (χ1) is 8.69. The summed E-state index contributed by atoms with van der Waals surface area (Å²) in [5.41, 5.74) is -0.138. The standard InChI is InChI=1S/C12H15NO5S.Na.H/c1-12(7-19(15,16)17)9-6-8(18-3)4-5-10(9)13(2)11(12)14;;/h4-6H,7H2,1-3H3,(H,15,16,17);;/q;+1;-1. The molecule has 0 aliphatic carbocycles. The average Bonchev–Trinajstić information content (AvgIpc) is 2.49. The fourth-order valence-corrected chi connectivity index (χ4v) is 3.48. The topological polar surface area (TPSA) is 83.9 Å². The molecule has 0 bridgehead atoms. The van der Waals surface area contributed by atoms with Gasteiger partial charge in [0.05, 0.1) is 18.3 Å². The van der Waals surface area contributed by atoms with Crippen LogP contribution in [0.25, 0.3) is 0 Å². The monoisotopic (exact) mass is 309 g/mol. The zero-order valence-electron chi connectivity index (χ0n) is 12.9. The molecule has 8 heteroatoms. The fraction of sp³-hybridized carbons (Fsp3) is 0.417. The van der Waals surface area contributed by atoms with Gasteiger partial charge >= 0.3 is 29.6 Å². The van der Waals surface area contributed by atoms with Crippen molar-refractivity contribution < 1.29 is 53.5 Å². The maximum atomic E-state index is 12.3. The molecule has 0 saturated heterocycles. The number of rotatable bonds is 3. The smallest absolute Gasteiger partial charge is 1.00 e. The Morgan fingerprint density at radius 2 is 2.05 bits per heavy atom. The normalized spacial score (nSPS) is 21.4. The number of hydrogen-bond acceptors (Lipinski definition) is 4. The van der Waals surface area contributed by atoms with E-state index in [1.807, 2.05) is 0 Å². The van der Waals surface area contributed by atoms with Crippen LogP contribution in [0.1, 0.15) is 13.9 Å². The summed E-state index contributed by atoms with van der Waals surface area (Å²) in [6.07, 6.45) is 0. The Balaban J connectivity index is 0.00000200. The van der Waals surface area contributed by atoms with Crippen LogP contribution in [0.15, 0.2) is 18.2 Å². The van der Waals surface area contributed by atoms with Crippen LogP contribution in [-0.2, 0) is 20.3 Å². The van der Waals surface area contributed by atoms with Crippen LogP contribution in [0.4, 0.5) is 5.69 Å². The minimum atomic E-state index is -4.27. The van der Waals surface area contributed by atoms with Crippen LogP contribution in [0.5, 0.6) is 5.75 Å². The number of carbonyl (C=O) groups excluding carboxylic acids is 1. The van der Waals surface area contributed by atoms with Crippen LogP contribution in [0.3, 0.4) is 0 Å². The molecule has 0 aromatic heterocycles. The molecular formula is C12H16NNaO5S. The van der Waals surface area contributed by atoms with E-state index in [9.17, 15) is 13.2 Å². The predicted octanol–water partition coefficient (Wildman–Crippen LogP) is -2.07. The first-order valence-electron chi connectivity index (χ1n) is 5.61. The Morgan fingerprint density at radius 1 is 1.45 bits per heavy atom. The summed E-state index contributed by atoms with van der Waals surface area (Å²) in [5, 5.41) is 0. The molecule has 1 aromatic rings. The second kappa shape index (κ2) is 5.65. The number of fused-ring (bicyclic) bond motifs is 1. The van der Waals surface area contributed by atoms with Gasteiger partial charge in [0.15, 0.2) is 0 Å². The third-order valence-corrected chi connectivity index (χ3v) is 4.35. The van der Waals surface area contributed by atoms with Crippen LogP contribution >= 0.6 is 0 Å². The van der Waals surface area contributed by atoms with E-state index in [1.54, 1.807) is 25.2 Å². The number of amides is 1. The molecule has 0 radical (unpaired) electrons. The maximum Gasteiger partial charge on any atom is 1.00 e. The Hall–Kier alpha value is -0.600. The number of ether oxygens (including phenoxy) is 1. The van der Waals surface area contributed by atoms with Crippen LogP contribution in [0.2, 0.25) is 0 Å². The molecular weight excluding hydrogens is 293 g/mol. The molecule has 1 unspecified atom stereocenters. The van der Waals surface area contributed by atoms with E-state index in [-0.39, 0.29) is 36.9 Å². The number of likely N-dealkylation sites (N-methyl/N-ethyl adjacent to an activating group) is 1. The Kier molecular flexibility index (Phi) is 4.93. The van der Waals surface area contributed by atoms with Crippen molar-refractivity contribution in [3.8, 4) is 5.75 Å². The third kappa shape index (κ3) is 2.87. The number of methoxy groups -OCH3 is 1. The predicted molar refractivity (Wildman–Crippen MR) is 71.3 cm³/mol. The van der Waals surface area contributed by atoms with Crippen molar-refractivity contribution in [2.45, 2.75) is 12.3 Å². The van der Waals surface area contributed by atoms with E-state index in [0.29, 0.717) is 17.0 Å². The third-order valence-electron chi connectivity index (χ3n) is 3.41. The van der Waals surface area contributed by atoms with Crippen molar-refractivity contribution in [3.05, 3.63) is 23.8 Å². The minimum Gasteiger partial charge on any atom is -1.00 e. The second-order valence-electron chi connectivity index (χ2n) is 4.81. The molecule has 0 fully saturated rings. The molecule has 0 saturated carbocycles. The van der Waals surface area contributed by atoms with Crippen LogP contribution in [0, 0.1) is 0 Å². The first kappa shape index (κ1) is 17.5. The van der Waals surface area contributed by atoms with Gasteiger partial charge in [-0.3, -0.25) is 9.35 Å². The van der Waals surface area contributed by atoms with E-state index in [1.165, 1.54) is 18.9 Å². The van der Waals surface area contributed by atoms with Gasteiger partial charge in [-0.1, -0.05) is 0 Å². The van der Waals surface area contributed by atoms with Gasteiger partial charge in [0.1, 0.15) is 5.75 Å². The molecule has 1 amide bonds. The van der Waals surface area contributed by atoms with E-state index in [4.69, 9.17) is 9.29 Å². The zero-order valence-corrected chi connectivity index (χ0v) is 14.7. The van der Waals surface area contributed by atoms with Gasteiger partial charge in [-0.25, -0.2) is 0 Å². The largest absolute Gasteiger partial charge is 1.00 e. The van der Waals surface area contributed by atoms with E-state index >= 15 is 0 Å². The van der Waals surface area contributed by atoms with Gasteiger partial charge in [0, 0.05) is 12.7 Å². The van der Waals surface area contributed by atoms with E-state index < -0.39 is 21.3 Å². The molecule has 1 aromatic carbocycles. The van der Waals surface area contributed by atoms with Crippen molar-refractivity contribution in [1.82, 2.24) is 0 Å². The molecule has 20 heavy (non-hydrogen) atoms. The minimum absolute atomic E-state index is 0. The fourth-order valence-electron chi connectivity index (χ4n) is 2.48. The first-order valence-corrected chi connectivity index (χ1v) is 7.22. The number of hydrogen-bond donors (Lipinski definition) is 1. The van der Waals surface area contributed by atoms with Gasteiger partial charge in [0.2, 0.25) is 5.91 Å². The number of carbonyl (C=O) groups is 1. The van der Waals surface area contributed by atoms with Gasteiger partial charge in [0.25, 0.3) is 10.1 Å². The molecule has 106 valence electrons. The summed E-state index contributed by atoms with van der Waals surface area (Å²) in [6, 6.07) is 5.02. The van der Waals surface area contributed by atoms with Crippen LogP contribution in [-0.4, -0.2) is 38.8 Å². The second-order valence-corrected chi connectivity index (χ2v) is 6.26. The number of nitrogens with zero attached hydrogens (tertiary/aromatic N) is 1. The molecule has 6 nitrogen and oxygen atoms in total. The average molecular weight is 309 g/mol. The Labute approximate surface area is 141 Å². The summed E-state index contributed by atoms with van der Waals surface area (Å²) < 4.78 is 36.5. The molecule has 2 rings (SSSR count). The van der Waals surface area contributed by atoms with Gasteiger partial charge in [-0.15, -0.1) is 0 Å². The van der Waals surface area contributed by atoms with E-state index in [0.717, 1.165) is 0 Å². The van der Waals surface area contributed by atoms with Gasteiger partial charge < -0.3 is 11.1 Å². The molecule has 1 aliphatic rings. The quantitative estimate of drug-likeness (QED) is 0.512. The van der Waals surface area contributed by atoms with Crippen molar-refractivity contribution in [2.24, 2.45) is 0 Å². The summed E-state index contributed by atoms with van der Waals surface area (Å²) in [7, 11) is -1.21. The Bertz CT molecular complexity index is 651. The van der Waals surface area contributed by atoms with Crippen molar-refractivity contribution >= 4 is 21.7 Å². The van der Waals surface area contributed by atoms with Gasteiger partial charge in [-0.2, -0.15) is 8.42 Å². The van der Waals surface area contributed by atoms with Crippen molar-refractivity contribution in [2.75, 3.05) is 24.8 Å². The Morgan fingerprint density at radius 3 is 2.55 bits per heavy atom. The number of anilines is 1. The van der Waals surface area contributed by atoms with Crippen molar-refractivity contribution in [1.29, 1.82) is 0 Å². The summed E-state index contributed by atoms with van der Waals surface area (Å²) >= 11 is 0. The molecule has 1 heterocycles. The summed E-state index contributed by atoms with van der Waals surface area (Å²) in [6.45, 7) is 1.50. The van der Waals surface area contributed by atoms with E-state index in [2.05, 4.69) is 0 Å². The zero-order chi connectivity index (χ0) is 14.4. The summed E-state index contributed by atoms with van der Waals surface area (Å²) in [4.78, 5) is 13.7.